The summed E-state index contributed by atoms with van der Waals surface area (Å²) in [5, 5.41) is 2.72. The normalized spacial score (nSPS) is 17.4. The number of carbonyl (C=O) groups excluding carboxylic acids is 1. The average Bonchev–Trinajstić information content (AvgIpc) is 2.86. The summed E-state index contributed by atoms with van der Waals surface area (Å²) >= 11 is 0. The monoisotopic (exact) mass is 375 g/mol. The molecule has 0 saturated carbocycles. The Labute approximate surface area is 151 Å². The summed E-state index contributed by atoms with van der Waals surface area (Å²) in [4.78, 5) is 16.6. The van der Waals surface area contributed by atoms with Gasteiger partial charge in [0.2, 0.25) is 5.91 Å². The Kier molecular flexibility index (Phi) is 4.78. The predicted octanol–water partition coefficient (Wildman–Crippen LogP) is 1.88. The fourth-order valence-electron chi connectivity index (χ4n) is 2.64. The number of sulfonamides is 1. The quantitative estimate of drug-likeness (QED) is 0.855. The number of benzene rings is 2. The van der Waals surface area contributed by atoms with Crippen LogP contribution in [0.3, 0.4) is 0 Å². The lowest BCUT2D eigenvalue weighted by Gasteiger charge is -2.10. The van der Waals surface area contributed by atoms with Crippen LogP contribution < -0.4 is 10.0 Å². The van der Waals surface area contributed by atoms with Gasteiger partial charge in [-0.2, -0.15) is 0 Å². The second-order valence-electron chi connectivity index (χ2n) is 6.06. The number of aliphatic imine (C=N–C) groups is 1. The van der Waals surface area contributed by atoms with Gasteiger partial charge >= 0.3 is 0 Å². The molecule has 26 heavy (non-hydrogen) atoms. The van der Waals surface area contributed by atoms with Crippen molar-refractivity contribution in [2.24, 2.45) is 4.99 Å². The summed E-state index contributed by atoms with van der Waals surface area (Å²) in [5.41, 5.74) is 1.72. The lowest BCUT2D eigenvalue weighted by molar-refractivity contribution is -0.122. The third-order valence-corrected chi connectivity index (χ3v) is 5.45. The van der Waals surface area contributed by atoms with E-state index in [2.05, 4.69) is 15.0 Å². The fraction of sp³-hybridized carbons (Fsp3) is 0.222. The van der Waals surface area contributed by atoms with Crippen LogP contribution in [0.1, 0.15) is 23.6 Å². The largest absolute Gasteiger partial charge is 0.350 e. The molecule has 0 radical (unpaired) electrons. The van der Waals surface area contributed by atoms with Crippen molar-refractivity contribution in [2.75, 3.05) is 0 Å². The number of carbonyl (C=O) groups is 1. The highest BCUT2D eigenvalue weighted by molar-refractivity contribution is 7.90. The number of hydrogen-bond acceptors (Lipinski definition) is 4. The molecule has 2 N–H and O–H groups in total. The van der Waals surface area contributed by atoms with Crippen molar-refractivity contribution >= 4 is 21.8 Å². The van der Waals surface area contributed by atoms with E-state index in [1.165, 1.54) is 12.1 Å². The Morgan fingerprint density at radius 1 is 1.27 bits per heavy atom. The highest BCUT2D eigenvalue weighted by atomic mass is 32.2. The smallest absolute Gasteiger partial charge is 0.263 e. The summed E-state index contributed by atoms with van der Waals surface area (Å²) in [6.45, 7) is 3.46. The maximum Gasteiger partial charge on any atom is 0.263 e. The minimum Gasteiger partial charge on any atom is -0.350 e. The van der Waals surface area contributed by atoms with Gasteiger partial charge in [0.15, 0.2) is 0 Å². The molecule has 1 aliphatic heterocycles. The van der Waals surface area contributed by atoms with E-state index < -0.39 is 16.1 Å². The number of nitrogens with one attached hydrogen (secondary N) is 2. The van der Waals surface area contributed by atoms with Crippen LogP contribution in [0, 0.1) is 12.7 Å². The minimum absolute atomic E-state index is 0.146. The highest BCUT2D eigenvalue weighted by Gasteiger charge is 2.31. The summed E-state index contributed by atoms with van der Waals surface area (Å²) in [6.07, 6.45) is 0. The molecule has 0 saturated heterocycles. The molecule has 136 valence electrons. The number of hydrogen-bond donors (Lipinski definition) is 2. The minimum atomic E-state index is -3.64. The van der Waals surface area contributed by atoms with Crippen molar-refractivity contribution in [1.82, 2.24) is 10.0 Å². The van der Waals surface area contributed by atoms with Crippen LogP contribution >= 0.6 is 0 Å². The number of amidine groups is 1. The van der Waals surface area contributed by atoms with Crippen molar-refractivity contribution in [3.8, 4) is 0 Å². The molecule has 2 aromatic rings. The van der Waals surface area contributed by atoms with Crippen molar-refractivity contribution in [3.05, 3.63) is 65.0 Å². The number of nitrogens with zero attached hydrogens (tertiary/aromatic N) is 1. The van der Waals surface area contributed by atoms with Crippen LogP contribution in [0.15, 0.2) is 52.4 Å². The summed E-state index contributed by atoms with van der Waals surface area (Å²) in [7, 11) is -3.64. The Morgan fingerprint density at radius 3 is 2.73 bits per heavy atom. The number of amides is 1. The second-order valence-corrected chi connectivity index (χ2v) is 7.71. The van der Waals surface area contributed by atoms with E-state index in [0.717, 1.165) is 5.56 Å². The first kappa shape index (κ1) is 18.1. The first-order valence-electron chi connectivity index (χ1n) is 8.01. The van der Waals surface area contributed by atoms with Crippen LogP contribution in [0.5, 0.6) is 0 Å². The van der Waals surface area contributed by atoms with Crippen LogP contribution in [-0.2, 0) is 21.4 Å². The Morgan fingerprint density at radius 2 is 2.00 bits per heavy atom. The van der Waals surface area contributed by atoms with Crippen molar-refractivity contribution in [2.45, 2.75) is 31.3 Å². The van der Waals surface area contributed by atoms with E-state index in [0.29, 0.717) is 11.1 Å². The standard InChI is InChI=1S/C18H18FN3O3S/c1-11-9-13(7-8-15(11)19)10-20-18(23)12(2)21-17-14-5-3-4-6-16(14)26(24,25)22-17/h3-9,12H,10H2,1-2H3,(H,20,23)(H,21,22)/t12-/m0/s1. The molecule has 6 nitrogen and oxygen atoms in total. The highest BCUT2D eigenvalue weighted by Crippen LogP contribution is 2.22. The van der Waals surface area contributed by atoms with E-state index >= 15 is 0 Å². The number of halogens is 1. The van der Waals surface area contributed by atoms with Crippen LogP contribution in [-0.4, -0.2) is 26.2 Å². The number of aryl methyl sites for hydroxylation is 1. The van der Waals surface area contributed by atoms with Gasteiger partial charge in [-0.05, 0) is 43.2 Å². The predicted molar refractivity (Wildman–Crippen MR) is 95.7 cm³/mol. The zero-order valence-electron chi connectivity index (χ0n) is 14.3. The van der Waals surface area contributed by atoms with Crippen LogP contribution in [0.25, 0.3) is 0 Å². The number of fused-ring (bicyclic) bond motifs is 1. The molecule has 1 amide bonds. The molecule has 3 rings (SSSR count). The molecule has 0 aliphatic carbocycles. The molecule has 1 atom stereocenters. The third-order valence-electron chi connectivity index (χ3n) is 4.05. The zero-order chi connectivity index (χ0) is 18.9. The molecule has 0 aromatic heterocycles. The molecular formula is C18H18FN3O3S. The summed E-state index contributed by atoms with van der Waals surface area (Å²) < 4.78 is 39.8. The fourth-order valence-corrected chi connectivity index (χ4v) is 3.87. The Balaban J connectivity index is 1.71. The summed E-state index contributed by atoms with van der Waals surface area (Å²) in [6, 6.07) is 10.3. The Hall–Kier alpha value is -2.74. The first-order chi connectivity index (χ1) is 12.3. The first-order valence-corrected chi connectivity index (χ1v) is 9.49. The molecule has 1 aliphatic rings. The van der Waals surface area contributed by atoms with Crippen molar-refractivity contribution in [3.63, 3.8) is 0 Å². The van der Waals surface area contributed by atoms with Crippen LogP contribution in [0.4, 0.5) is 4.39 Å². The molecule has 0 unspecified atom stereocenters. The van der Waals surface area contributed by atoms with E-state index in [9.17, 15) is 17.6 Å². The average molecular weight is 375 g/mol. The molecule has 0 fully saturated rings. The lowest BCUT2D eigenvalue weighted by Crippen LogP contribution is -2.33. The van der Waals surface area contributed by atoms with Gasteiger partial charge < -0.3 is 5.32 Å². The molecule has 8 heteroatoms. The van der Waals surface area contributed by atoms with Gasteiger partial charge in [0.05, 0.1) is 4.90 Å². The topological polar surface area (TPSA) is 87.6 Å². The van der Waals surface area contributed by atoms with Gasteiger partial charge in [-0.15, -0.1) is 0 Å². The van der Waals surface area contributed by atoms with Crippen LogP contribution in [0.2, 0.25) is 0 Å². The van der Waals surface area contributed by atoms with Gasteiger partial charge in [0.25, 0.3) is 10.0 Å². The maximum atomic E-state index is 13.3. The van der Waals surface area contributed by atoms with Gasteiger partial charge in [0.1, 0.15) is 17.7 Å². The van der Waals surface area contributed by atoms with Gasteiger partial charge in [0, 0.05) is 12.1 Å². The van der Waals surface area contributed by atoms with Gasteiger partial charge in [-0.1, -0.05) is 24.3 Å². The van der Waals surface area contributed by atoms with Crippen molar-refractivity contribution < 1.29 is 17.6 Å². The van der Waals surface area contributed by atoms with Gasteiger partial charge in [-0.3, -0.25) is 14.5 Å². The second kappa shape index (κ2) is 6.87. The van der Waals surface area contributed by atoms with E-state index in [1.54, 1.807) is 44.2 Å². The Bertz CT molecular complexity index is 1000. The zero-order valence-corrected chi connectivity index (χ0v) is 15.1. The third kappa shape index (κ3) is 3.60. The molecule has 0 spiro atoms. The van der Waals surface area contributed by atoms with Crippen molar-refractivity contribution in [1.29, 1.82) is 0 Å². The van der Waals surface area contributed by atoms with E-state index in [1.807, 2.05) is 0 Å². The maximum absolute atomic E-state index is 13.3. The lowest BCUT2D eigenvalue weighted by atomic mass is 10.1. The van der Waals surface area contributed by atoms with E-state index in [-0.39, 0.29) is 29.0 Å². The molecule has 2 aromatic carbocycles. The van der Waals surface area contributed by atoms with E-state index in [4.69, 9.17) is 0 Å². The SMILES string of the molecule is Cc1cc(CNC(=O)[C@H](C)N=C2NS(=O)(=O)c3ccccc32)ccc1F. The van der Waals surface area contributed by atoms with Gasteiger partial charge in [-0.25, -0.2) is 12.8 Å². The molecule has 0 bridgehead atoms. The summed E-state index contributed by atoms with van der Waals surface area (Å²) in [5.74, 6) is -0.504. The molecule has 1 heterocycles. The molecular weight excluding hydrogens is 357 g/mol. The number of rotatable bonds is 4.